The van der Waals surface area contributed by atoms with Gasteiger partial charge < -0.3 is 28.4 Å². The fourth-order valence-electron chi connectivity index (χ4n) is 13.5. The summed E-state index contributed by atoms with van der Waals surface area (Å²) in [5.74, 6) is 1.43. The van der Waals surface area contributed by atoms with Gasteiger partial charge in [-0.15, -0.1) is 0 Å². The molecule has 5 fully saturated rings. The lowest BCUT2D eigenvalue weighted by Gasteiger charge is -2.36. The van der Waals surface area contributed by atoms with Crippen molar-refractivity contribution >= 4 is 17.9 Å². The number of ether oxygens (including phenoxy) is 6. The normalized spacial score (nSPS) is 20.3. The molecule has 9 heteroatoms. The van der Waals surface area contributed by atoms with E-state index >= 15 is 0 Å². The Kier molecular flexibility index (Phi) is 18.8. The van der Waals surface area contributed by atoms with Crippen LogP contribution in [0.4, 0.5) is 0 Å². The highest BCUT2D eigenvalue weighted by atomic mass is 16.6. The fourth-order valence-corrected chi connectivity index (χ4v) is 13.5. The van der Waals surface area contributed by atoms with Crippen molar-refractivity contribution in [2.45, 2.75) is 249 Å². The van der Waals surface area contributed by atoms with Crippen LogP contribution in [-0.2, 0) is 28.6 Å². The summed E-state index contributed by atoms with van der Waals surface area (Å²) in [6.45, 7) is 10.2. The lowest BCUT2D eigenvalue weighted by Crippen LogP contribution is -2.38. The summed E-state index contributed by atoms with van der Waals surface area (Å²) in [7, 11) is 0. The van der Waals surface area contributed by atoms with Crippen molar-refractivity contribution < 1.29 is 42.8 Å². The Bertz CT molecular complexity index is 2150. The van der Waals surface area contributed by atoms with Gasteiger partial charge in [0.25, 0.3) is 0 Å². The van der Waals surface area contributed by atoms with E-state index in [-0.39, 0.29) is 55.5 Å². The van der Waals surface area contributed by atoms with Gasteiger partial charge in [0, 0.05) is 11.5 Å². The molecule has 0 aromatic heterocycles. The summed E-state index contributed by atoms with van der Waals surface area (Å²) in [5, 5.41) is 0. The van der Waals surface area contributed by atoms with Crippen LogP contribution in [0.1, 0.15) is 257 Å². The Hall–Kier alpha value is -4.53. The zero-order valence-electron chi connectivity index (χ0n) is 44.9. The van der Waals surface area contributed by atoms with Crippen LogP contribution in [0.2, 0.25) is 0 Å². The average Bonchev–Trinajstić information content (AvgIpc) is 3.41. The number of hydrogen-bond donors (Lipinski definition) is 0. The smallest absolute Gasteiger partial charge is 0.344 e. The molecule has 5 aliphatic rings. The van der Waals surface area contributed by atoms with Crippen molar-refractivity contribution in [3.05, 3.63) is 87.5 Å². The minimum absolute atomic E-state index is 0.131. The van der Waals surface area contributed by atoms with Gasteiger partial charge in [0.15, 0.2) is 19.8 Å². The minimum Gasteiger partial charge on any atom is -0.482 e. The molecule has 0 radical (unpaired) electrons. The number of carbonyl (C=O) groups is 3. The third-order valence-corrected chi connectivity index (χ3v) is 18.0. The Labute approximate surface area is 432 Å². The first-order chi connectivity index (χ1) is 35.0. The van der Waals surface area contributed by atoms with Crippen LogP contribution in [0.25, 0.3) is 0 Å². The Balaban J connectivity index is 1.18. The van der Waals surface area contributed by atoms with E-state index in [1.165, 1.54) is 32.1 Å². The van der Waals surface area contributed by atoms with Crippen LogP contribution in [0.3, 0.4) is 0 Å². The lowest BCUT2D eigenvalue weighted by molar-refractivity contribution is -0.167. The van der Waals surface area contributed by atoms with Crippen LogP contribution in [0, 0.1) is 13.8 Å². The van der Waals surface area contributed by atoms with Crippen LogP contribution in [-0.4, -0.2) is 54.5 Å². The molecule has 5 aliphatic carbocycles. The first-order valence-electron chi connectivity index (χ1n) is 28.9. The zero-order valence-corrected chi connectivity index (χ0v) is 44.9. The highest BCUT2D eigenvalue weighted by Crippen LogP contribution is 2.48. The van der Waals surface area contributed by atoms with Gasteiger partial charge in [0.1, 0.15) is 34.1 Å². The number of esters is 3. The van der Waals surface area contributed by atoms with E-state index in [9.17, 15) is 14.4 Å². The molecule has 8 rings (SSSR count). The third-order valence-electron chi connectivity index (χ3n) is 18.0. The molecule has 394 valence electrons. The summed E-state index contributed by atoms with van der Waals surface area (Å²) < 4.78 is 38.7. The van der Waals surface area contributed by atoms with Crippen LogP contribution < -0.4 is 14.2 Å². The van der Waals surface area contributed by atoms with E-state index in [2.05, 4.69) is 71.0 Å². The first-order valence-corrected chi connectivity index (χ1v) is 28.9. The maximum atomic E-state index is 13.8. The second-order valence-corrected chi connectivity index (χ2v) is 22.7. The van der Waals surface area contributed by atoms with Gasteiger partial charge in [0.05, 0.1) is 0 Å². The quantitative estimate of drug-likeness (QED) is 0.0621. The van der Waals surface area contributed by atoms with Gasteiger partial charge in [-0.25, -0.2) is 14.4 Å². The molecule has 0 saturated heterocycles. The van der Waals surface area contributed by atoms with Gasteiger partial charge >= 0.3 is 17.9 Å². The summed E-state index contributed by atoms with van der Waals surface area (Å²) >= 11 is 0. The molecule has 9 nitrogen and oxygen atoms in total. The highest BCUT2D eigenvalue weighted by molar-refractivity contribution is 5.73. The molecule has 0 amide bonds. The van der Waals surface area contributed by atoms with Crippen LogP contribution >= 0.6 is 0 Å². The standard InChI is InChI=1S/C63H88O9/c1-6-61(32-20-11-21-33-61)70-57(64)42-67-54-31-19-18-30-49(54)60(50-40-52(47-26-14-9-15-27-47)55(38-45(50)4)68-43-58(65)71-62(7-2)34-22-12-23-35-62)51-41-53(48-28-16-10-17-29-48)56(39-46(51)5)69-44-59(66)72-63(8-3)36-24-13-25-37-63/h18-19,30-31,38-41,47-48,60H,6-17,20-29,32-37,42-44H2,1-5H3. The molecule has 3 aromatic carbocycles. The molecule has 0 aliphatic heterocycles. The molecule has 5 saturated carbocycles. The van der Waals surface area contributed by atoms with E-state index in [1.54, 1.807) is 0 Å². The fraction of sp³-hybridized carbons (Fsp3) is 0.667. The first kappa shape index (κ1) is 53.8. The molecule has 0 heterocycles. The predicted octanol–water partition coefficient (Wildman–Crippen LogP) is 15.7. The Morgan fingerprint density at radius 3 is 1.14 bits per heavy atom. The molecule has 0 spiro atoms. The van der Waals surface area contributed by atoms with Crippen molar-refractivity contribution in [3.8, 4) is 17.2 Å². The van der Waals surface area contributed by atoms with Gasteiger partial charge in [-0.1, -0.05) is 109 Å². The number of para-hydroxylation sites is 1. The van der Waals surface area contributed by atoms with Gasteiger partial charge in [0.2, 0.25) is 0 Å². The van der Waals surface area contributed by atoms with Gasteiger partial charge in [-0.3, -0.25) is 0 Å². The molecular weight excluding hydrogens is 901 g/mol. The van der Waals surface area contributed by atoms with Crippen molar-refractivity contribution in [2.75, 3.05) is 19.8 Å². The SMILES string of the molecule is CCC1(OC(=O)COc2cc(C)c(C(c3cc(C4CCCCC4)c(OCC(=O)OC4(CC)CCCCC4)cc3C)c3ccccc3OCC(=O)OC3(CC)CCCCC3)cc2C2CCCCC2)CCCCC1. The average molecular weight is 989 g/mol. The minimum atomic E-state index is -0.429. The van der Waals surface area contributed by atoms with E-state index in [0.717, 1.165) is 198 Å². The molecule has 0 bridgehead atoms. The summed E-state index contributed by atoms with van der Waals surface area (Å²) in [4.78, 5) is 41.1. The maximum Gasteiger partial charge on any atom is 0.344 e. The van der Waals surface area contributed by atoms with Gasteiger partial charge in [-0.2, -0.15) is 0 Å². The Morgan fingerprint density at radius 1 is 0.444 bits per heavy atom. The number of carbonyl (C=O) groups excluding carboxylic acids is 3. The second-order valence-electron chi connectivity index (χ2n) is 22.7. The summed E-state index contributed by atoms with van der Waals surface area (Å²) in [6, 6.07) is 17.2. The maximum absolute atomic E-state index is 13.8. The summed E-state index contributed by atoms with van der Waals surface area (Å²) in [6.07, 6.45) is 29.0. The van der Waals surface area contributed by atoms with Crippen LogP contribution in [0.5, 0.6) is 17.2 Å². The third kappa shape index (κ3) is 13.2. The number of rotatable bonds is 20. The van der Waals surface area contributed by atoms with Crippen molar-refractivity contribution in [2.24, 2.45) is 0 Å². The Morgan fingerprint density at radius 2 is 0.778 bits per heavy atom. The molecule has 72 heavy (non-hydrogen) atoms. The van der Waals surface area contributed by atoms with E-state index in [0.29, 0.717) is 5.75 Å². The van der Waals surface area contributed by atoms with E-state index in [4.69, 9.17) is 28.4 Å². The molecule has 0 N–H and O–H groups in total. The molecule has 0 unspecified atom stereocenters. The van der Waals surface area contributed by atoms with E-state index < -0.39 is 16.8 Å². The number of benzene rings is 3. The zero-order chi connectivity index (χ0) is 50.6. The van der Waals surface area contributed by atoms with Crippen LogP contribution in [0.15, 0.2) is 48.5 Å². The van der Waals surface area contributed by atoms with E-state index in [1.807, 2.05) is 12.1 Å². The predicted molar refractivity (Wildman–Crippen MR) is 284 cm³/mol. The lowest BCUT2D eigenvalue weighted by atomic mass is 9.75. The monoisotopic (exact) mass is 989 g/mol. The largest absolute Gasteiger partial charge is 0.482 e. The molecule has 0 atom stereocenters. The molecule has 3 aromatic rings. The number of hydrogen-bond acceptors (Lipinski definition) is 9. The van der Waals surface area contributed by atoms with Crippen molar-refractivity contribution in [1.29, 1.82) is 0 Å². The van der Waals surface area contributed by atoms with Crippen molar-refractivity contribution in [3.63, 3.8) is 0 Å². The summed E-state index contributed by atoms with van der Waals surface area (Å²) in [5.41, 5.74) is 6.28. The van der Waals surface area contributed by atoms with Gasteiger partial charge in [-0.05, 0) is 199 Å². The van der Waals surface area contributed by atoms with Crippen molar-refractivity contribution in [1.82, 2.24) is 0 Å². The highest BCUT2D eigenvalue weighted by Gasteiger charge is 2.38. The number of aryl methyl sites for hydroxylation is 2. The second kappa shape index (κ2) is 25.1. The molecular formula is C63H88O9. The topological polar surface area (TPSA) is 107 Å².